The molecule has 0 atom stereocenters. The lowest BCUT2D eigenvalue weighted by molar-refractivity contribution is -0.148. The first-order valence-electron chi connectivity index (χ1n) is 10.3. The van der Waals surface area contributed by atoms with E-state index in [-0.39, 0.29) is 43.5 Å². The Morgan fingerprint density at radius 1 is 1.27 bits per heavy atom. The summed E-state index contributed by atoms with van der Waals surface area (Å²) in [5.41, 5.74) is 4.54. The topological polar surface area (TPSA) is 137 Å². The van der Waals surface area contributed by atoms with Gasteiger partial charge in [-0.25, -0.2) is 4.79 Å². The van der Waals surface area contributed by atoms with Gasteiger partial charge in [-0.15, -0.1) is 0 Å². The predicted octanol–water partition coefficient (Wildman–Crippen LogP) is 0.878. The summed E-state index contributed by atoms with van der Waals surface area (Å²) in [7, 11) is 1.46. The van der Waals surface area contributed by atoms with E-state index in [9.17, 15) is 19.2 Å². The van der Waals surface area contributed by atoms with E-state index in [2.05, 4.69) is 4.98 Å². The number of ether oxygens (including phenoxy) is 2. The number of rotatable bonds is 10. The molecule has 0 aliphatic heterocycles. The van der Waals surface area contributed by atoms with Crippen LogP contribution in [0, 0.1) is 11.8 Å². The summed E-state index contributed by atoms with van der Waals surface area (Å²) in [5, 5.41) is 0. The van der Waals surface area contributed by atoms with Crippen LogP contribution in [0.2, 0.25) is 0 Å². The number of hydrogen-bond donors (Lipinski definition) is 2. The van der Waals surface area contributed by atoms with Gasteiger partial charge in [0.25, 0.3) is 11.5 Å². The van der Waals surface area contributed by atoms with E-state index < -0.39 is 29.7 Å². The largest absolute Gasteiger partial charge is 0.456 e. The van der Waals surface area contributed by atoms with Crippen molar-refractivity contribution in [1.29, 1.82) is 0 Å². The van der Waals surface area contributed by atoms with E-state index in [0.29, 0.717) is 5.92 Å². The minimum atomic E-state index is -0.778. The molecule has 10 nitrogen and oxygen atoms in total. The lowest BCUT2D eigenvalue weighted by Crippen LogP contribution is -2.44. The second-order valence-corrected chi connectivity index (χ2v) is 8.05. The summed E-state index contributed by atoms with van der Waals surface area (Å²) in [6.07, 6.45) is 4.48. The van der Waals surface area contributed by atoms with Crippen LogP contribution < -0.4 is 21.9 Å². The number of methoxy groups -OCH3 is 1. The second-order valence-electron chi connectivity index (χ2n) is 8.05. The summed E-state index contributed by atoms with van der Waals surface area (Å²) < 4.78 is 11.4. The third-order valence-corrected chi connectivity index (χ3v) is 5.14. The van der Waals surface area contributed by atoms with Crippen LogP contribution in [0.3, 0.4) is 0 Å². The molecule has 0 bridgehead atoms. The molecule has 1 fully saturated rings. The molecule has 0 spiro atoms. The summed E-state index contributed by atoms with van der Waals surface area (Å²) in [6, 6.07) is 0. The number of aromatic amines is 1. The number of carbonyl (C=O) groups is 2. The van der Waals surface area contributed by atoms with Crippen LogP contribution in [0.4, 0.5) is 11.5 Å². The molecule has 1 aromatic heterocycles. The third-order valence-electron chi connectivity index (χ3n) is 5.14. The molecule has 1 heterocycles. The van der Waals surface area contributed by atoms with Crippen molar-refractivity contribution in [3.8, 4) is 0 Å². The van der Waals surface area contributed by atoms with Gasteiger partial charge in [-0.3, -0.25) is 28.8 Å². The van der Waals surface area contributed by atoms with Crippen molar-refractivity contribution in [3.05, 3.63) is 20.8 Å². The second kappa shape index (κ2) is 11.0. The molecule has 168 valence electrons. The molecule has 0 aromatic carbocycles. The highest BCUT2D eigenvalue weighted by atomic mass is 16.5. The number of aromatic nitrogens is 2. The summed E-state index contributed by atoms with van der Waals surface area (Å²) in [5.74, 6) is -0.773. The Labute approximate surface area is 175 Å². The predicted molar refractivity (Wildman–Crippen MR) is 112 cm³/mol. The van der Waals surface area contributed by atoms with Crippen molar-refractivity contribution in [1.82, 2.24) is 9.55 Å². The van der Waals surface area contributed by atoms with Crippen molar-refractivity contribution in [3.63, 3.8) is 0 Å². The molecule has 2 rings (SSSR count). The number of anilines is 2. The van der Waals surface area contributed by atoms with Crippen LogP contribution in [0.25, 0.3) is 0 Å². The SMILES string of the molecule is COCCN(C(=O)COC(=O)CC1CCCC1)c1c(N)n(CC(C)C)c(=O)[nH]c1=O. The number of carbonyl (C=O) groups excluding carboxylic acids is 2. The molecule has 1 aliphatic rings. The number of nitrogens with one attached hydrogen (secondary N) is 1. The highest BCUT2D eigenvalue weighted by Crippen LogP contribution is 2.27. The van der Waals surface area contributed by atoms with Crippen LogP contribution >= 0.6 is 0 Å². The fourth-order valence-corrected chi connectivity index (χ4v) is 3.66. The number of nitrogens with zero attached hydrogens (tertiary/aromatic N) is 2. The number of nitrogens with two attached hydrogens (primary N) is 1. The van der Waals surface area contributed by atoms with E-state index in [1.807, 2.05) is 13.8 Å². The summed E-state index contributed by atoms with van der Waals surface area (Å²) >= 11 is 0. The Bertz CT molecular complexity index is 854. The van der Waals surface area contributed by atoms with Crippen LogP contribution in [-0.2, 0) is 25.6 Å². The monoisotopic (exact) mass is 424 g/mol. The van der Waals surface area contributed by atoms with Gasteiger partial charge in [-0.1, -0.05) is 26.7 Å². The van der Waals surface area contributed by atoms with E-state index in [1.165, 1.54) is 11.7 Å². The molecule has 1 aliphatic carbocycles. The van der Waals surface area contributed by atoms with Crippen molar-refractivity contribution in [2.24, 2.45) is 11.8 Å². The van der Waals surface area contributed by atoms with Gasteiger partial charge in [0.15, 0.2) is 12.3 Å². The summed E-state index contributed by atoms with van der Waals surface area (Å²) in [6.45, 7) is 3.70. The van der Waals surface area contributed by atoms with Crippen LogP contribution in [0.5, 0.6) is 0 Å². The Morgan fingerprint density at radius 3 is 2.53 bits per heavy atom. The quantitative estimate of drug-likeness (QED) is 0.532. The number of nitrogen functional groups attached to an aromatic ring is 1. The third kappa shape index (κ3) is 6.19. The molecule has 1 saturated carbocycles. The van der Waals surface area contributed by atoms with Crippen LogP contribution in [-0.4, -0.2) is 48.3 Å². The molecule has 3 N–H and O–H groups in total. The lowest BCUT2D eigenvalue weighted by Gasteiger charge is -2.24. The zero-order valence-corrected chi connectivity index (χ0v) is 17.9. The van der Waals surface area contributed by atoms with E-state index >= 15 is 0 Å². The lowest BCUT2D eigenvalue weighted by atomic mass is 10.0. The highest BCUT2D eigenvalue weighted by Gasteiger charge is 2.26. The molecule has 1 aromatic rings. The maximum Gasteiger partial charge on any atom is 0.330 e. The summed E-state index contributed by atoms with van der Waals surface area (Å²) in [4.78, 5) is 52.9. The highest BCUT2D eigenvalue weighted by molar-refractivity contribution is 5.97. The van der Waals surface area contributed by atoms with Crippen molar-refractivity contribution < 1.29 is 19.1 Å². The number of amides is 1. The average molecular weight is 424 g/mol. The number of H-pyrrole nitrogens is 1. The van der Waals surface area contributed by atoms with Gasteiger partial charge in [0.2, 0.25) is 0 Å². The van der Waals surface area contributed by atoms with Crippen LogP contribution in [0.15, 0.2) is 9.59 Å². The Morgan fingerprint density at radius 2 is 1.93 bits per heavy atom. The van der Waals surface area contributed by atoms with Crippen molar-refractivity contribution in [2.75, 3.05) is 37.5 Å². The first-order valence-corrected chi connectivity index (χ1v) is 10.3. The van der Waals surface area contributed by atoms with E-state index in [1.54, 1.807) is 0 Å². The van der Waals surface area contributed by atoms with E-state index in [0.717, 1.165) is 30.6 Å². The fraction of sp³-hybridized carbons (Fsp3) is 0.700. The van der Waals surface area contributed by atoms with Gasteiger partial charge in [0, 0.05) is 26.6 Å². The molecular weight excluding hydrogens is 392 g/mol. The fourth-order valence-electron chi connectivity index (χ4n) is 3.66. The van der Waals surface area contributed by atoms with Gasteiger partial charge >= 0.3 is 11.7 Å². The Hall–Kier alpha value is -2.62. The number of hydrogen-bond acceptors (Lipinski definition) is 7. The van der Waals surface area contributed by atoms with Gasteiger partial charge < -0.3 is 15.2 Å². The van der Waals surface area contributed by atoms with Gasteiger partial charge in [0.1, 0.15) is 5.82 Å². The molecule has 0 unspecified atom stereocenters. The maximum atomic E-state index is 12.8. The molecular formula is C20H32N4O6. The standard InChI is InChI=1S/C20H32N4O6/c1-13(2)11-24-18(21)17(19(27)22-20(24)28)23(8-9-29-3)15(25)12-30-16(26)10-14-6-4-5-7-14/h13-14H,4-12,21H2,1-3H3,(H,22,27,28). The molecule has 0 radical (unpaired) electrons. The Balaban J connectivity index is 2.21. The minimum absolute atomic E-state index is 0.0165. The van der Waals surface area contributed by atoms with Gasteiger partial charge in [-0.05, 0) is 24.7 Å². The average Bonchev–Trinajstić information content (AvgIpc) is 3.18. The van der Waals surface area contributed by atoms with Crippen molar-refractivity contribution in [2.45, 2.75) is 52.5 Å². The molecule has 10 heteroatoms. The zero-order chi connectivity index (χ0) is 22.3. The van der Waals surface area contributed by atoms with Crippen molar-refractivity contribution >= 4 is 23.4 Å². The van der Waals surface area contributed by atoms with Crippen LogP contribution in [0.1, 0.15) is 46.0 Å². The molecule has 30 heavy (non-hydrogen) atoms. The van der Waals surface area contributed by atoms with Gasteiger partial charge in [0.05, 0.1) is 6.61 Å². The van der Waals surface area contributed by atoms with E-state index in [4.69, 9.17) is 15.2 Å². The first kappa shape index (κ1) is 23.7. The molecule has 1 amide bonds. The minimum Gasteiger partial charge on any atom is -0.456 e. The smallest absolute Gasteiger partial charge is 0.330 e. The zero-order valence-electron chi connectivity index (χ0n) is 17.9. The molecule has 0 saturated heterocycles. The number of esters is 1. The Kier molecular flexibility index (Phi) is 8.64. The maximum absolute atomic E-state index is 12.8. The first-order chi connectivity index (χ1) is 14.2. The van der Waals surface area contributed by atoms with Gasteiger partial charge in [-0.2, -0.15) is 0 Å². The normalized spacial score (nSPS) is 14.3.